The van der Waals surface area contributed by atoms with E-state index in [2.05, 4.69) is 38.1 Å². The molecule has 0 aliphatic rings. The highest BCUT2D eigenvalue weighted by Crippen LogP contribution is 2.29. The summed E-state index contributed by atoms with van der Waals surface area (Å²) >= 11 is 0. The summed E-state index contributed by atoms with van der Waals surface area (Å²) in [6.07, 6.45) is 3.60. The number of allylic oxidation sites excluding steroid dienone is 1. The molecule has 2 rings (SSSR count). The fourth-order valence-electron chi connectivity index (χ4n) is 2.29. The Bertz CT molecular complexity index is 789. The van der Waals surface area contributed by atoms with E-state index in [0.29, 0.717) is 12.4 Å². The lowest BCUT2D eigenvalue weighted by Crippen LogP contribution is -1.98. The van der Waals surface area contributed by atoms with Gasteiger partial charge in [0.05, 0.1) is 6.61 Å². The van der Waals surface area contributed by atoms with Crippen molar-refractivity contribution in [3.63, 3.8) is 0 Å². The van der Waals surface area contributed by atoms with Crippen molar-refractivity contribution in [3.05, 3.63) is 59.2 Å². The van der Waals surface area contributed by atoms with Crippen LogP contribution in [0.4, 0.5) is 0 Å². The van der Waals surface area contributed by atoms with Crippen LogP contribution >= 0.6 is 0 Å². The average molecular weight is 316 g/mol. The Kier molecular flexibility index (Phi) is 6.17. The monoisotopic (exact) mass is 316 g/mol. The minimum Gasteiger partial charge on any atom is -0.493 e. The molecule has 0 aliphatic heterocycles. The first-order valence-electron chi connectivity index (χ1n) is 8.03. The van der Waals surface area contributed by atoms with E-state index in [0.717, 1.165) is 29.5 Å². The van der Waals surface area contributed by atoms with Crippen molar-refractivity contribution in [1.29, 1.82) is 10.5 Å². The first-order chi connectivity index (χ1) is 11.7. The second-order valence-corrected chi connectivity index (χ2v) is 5.60. The number of hydrogen-bond donors (Lipinski definition) is 0. The normalized spacial score (nSPS) is 9.67. The molecule has 3 nitrogen and oxygen atoms in total. The lowest BCUT2D eigenvalue weighted by molar-refractivity contribution is 0.309. The third kappa shape index (κ3) is 4.48. The summed E-state index contributed by atoms with van der Waals surface area (Å²) in [5.74, 6) is 0.697. The van der Waals surface area contributed by atoms with Gasteiger partial charge in [0.25, 0.3) is 0 Å². The molecule has 0 bridgehead atoms. The van der Waals surface area contributed by atoms with Gasteiger partial charge >= 0.3 is 0 Å². The predicted octanol–water partition coefficient (Wildman–Crippen LogP) is 5.27. The van der Waals surface area contributed by atoms with Gasteiger partial charge in [-0.2, -0.15) is 10.5 Å². The standard InChI is InChI=1S/C21H20N2O/c1-3-4-11-24-21-10-9-19(18-7-5-16(2)6-8-18)13-20(21)12-17(14-22)15-23/h5-10,12-13H,3-4,11H2,1-2H3. The van der Waals surface area contributed by atoms with Gasteiger partial charge in [0.15, 0.2) is 0 Å². The molecular weight excluding hydrogens is 296 g/mol. The van der Waals surface area contributed by atoms with Crippen LogP contribution in [0.15, 0.2) is 48.0 Å². The fraction of sp³-hybridized carbons (Fsp3) is 0.238. The van der Waals surface area contributed by atoms with Crippen LogP contribution in [0.25, 0.3) is 17.2 Å². The van der Waals surface area contributed by atoms with Gasteiger partial charge in [-0.25, -0.2) is 0 Å². The Morgan fingerprint density at radius 3 is 2.33 bits per heavy atom. The van der Waals surface area contributed by atoms with E-state index < -0.39 is 0 Å². The van der Waals surface area contributed by atoms with Crippen molar-refractivity contribution in [3.8, 4) is 29.0 Å². The summed E-state index contributed by atoms with van der Waals surface area (Å²) in [4.78, 5) is 0. The van der Waals surface area contributed by atoms with Crippen LogP contribution in [0.1, 0.15) is 30.9 Å². The molecule has 0 atom stereocenters. The molecule has 2 aromatic rings. The molecule has 0 heterocycles. The summed E-state index contributed by atoms with van der Waals surface area (Å²) in [5, 5.41) is 18.1. The first-order valence-corrected chi connectivity index (χ1v) is 8.03. The van der Waals surface area contributed by atoms with Crippen LogP contribution < -0.4 is 4.74 Å². The van der Waals surface area contributed by atoms with Crippen LogP contribution in [0.5, 0.6) is 5.75 Å². The number of benzene rings is 2. The summed E-state index contributed by atoms with van der Waals surface area (Å²) in [6, 6.07) is 17.9. The molecule has 0 saturated heterocycles. The Morgan fingerprint density at radius 1 is 1.04 bits per heavy atom. The molecule has 0 saturated carbocycles. The zero-order valence-electron chi connectivity index (χ0n) is 14.0. The maximum Gasteiger partial charge on any atom is 0.130 e. The van der Waals surface area contributed by atoms with E-state index >= 15 is 0 Å². The maximum atomic E-state index is 9.03. The van der Waals surface area contributed by atoms with Gasteiger partial charge < -0.3 is 4.74 Å². The van der Waals surface area contributed by atoms with Gasteiger partial charge in [-0.3, -0.25) is 0 Å². The highest BCUT2D eigenvalue weighted by Gasteiger charge is 2.07. The molecule has 24 heavy (non-hydrogen) atoms. The lowest BCUT2D eigenvalue weighted by Gasteiger charge is -2.11. The van der Waals surface area contributed by atoms with Crippen molar-refractivity contribution in [2.45, 2.75) is 26.7 Å². The number of hydrogen-bond acceptors (Lipinski definition) is 3. The Labute approximate surface area is 143 Å². The number of nitriles is 2. The van der Waals surface area contributed by atoms with Gasteiger partial charge in [-0.1, -0.05) is 49.2 Å². The maximum absolute atomic E-state index is 9.03. The van der Waals surface area contributed by atoms with Gasteiger partial charge in [0, 0.05) is 5.56 Å². The number of nitrogens with zero attached hydrogens (tertiary/aromatic N) is 2. The predicted molar refractivity (Wildman–Crippen MR) is 96.2 cm³/mol. The Hall–Kier alpha value is -3.04. The van der Waals surface area contributed by atoms with Gasteiger partial charge in [0.2, 0.25) is 0 Å². The largest absolute Gasteiger partial charge is 0.493 e. The van der Waals surface area contributed by atoms with E-state index in [1.165, 1.54) is 5.56 Å². The smallest absolute Gasteiger partial charge is 0.130 e. The highest BCUT2D eigenvalue weighted by molar-refractivity contribution is 5.73. The summed E-state index contributed by atoms with van der Waals surface area (Å²) in [6.45, 7) is 4.78. The lowest BCUT2D eigenvalue weighted by atomic mass is 10.0. The average Bonchev–Trinajstić information content (AvgIpc) is 2.61. The molecule has 0 radical (unpaired) electrons. The molecule has 2 aromatic carbocycles. The Balaban J connectivity index is 2.43. The second kappa shape index (κ2) is 8.56. The third-order valence-corrected chi connectivity index (χ3v) is 3.69. The fourth-order valence-corrected chi connectivity index (χ4v) is 2.29. The number of aryl methyl sites for hydroxylation is 1. The van der Waals surface area contributed by atoms with E-state index in [4.69, 9.17) is 15.3 Å². The third-order valence-electron chi connectivity index (χ3n) is 3.69. The summed E-state index contributed by atoms with van der Waals surface area (Å²) < 4.78 is 5.81. The molecular formula is C21H20N2O. The SMILES string of the molecule is CCCCOc1ccc(-c2ccc(C)cc2)cc1C=C(C#N)C#N. The van der Waals surface area contributed by atoms with Crippen molar-refractivity contribution >= 4 is 6.08 Å². The molecule has 3 heteroatoms. The number of rotatable bonds is 6. The molecule has 0 unspecified atom stereocenters. The van der Waals surface area contributed by atoms with Gasteiger partial charge in [-0.15, -0.1) is 0 Å². The zero-order valence-corrected chi connectivity index (χ0v) is 14.0. The van der Waals surface area contributed by atoms with Crippen LogP contribution in [0.3, 0.4) is 0 Å². The molecule has 0 aliphatic carbocycles. The zero-order chi connectivity index (χ0) is 17.4. The van der Waals surface area contributed by atoms with Crippen LogP contribution in [-0.2, 0) is 0 Å². The van der Waals surface area contributed by atoms with E-state index in [-0.39, 0.29) is 5.57 Å². The van der Waals surface area contributed by atoms with Crippen molar-refractivity contribution in [2.75, 3.05) is 6.61 Å². The minimum atomic E-state index is 0.0661. The van der Waals surface area contributed by atoms with Gasteiger partial charge in [0.1, 0.15) is 23.5 Å². The van der Waals surface area contributed by atoms with Crippen LogP contribution in [0, 0.1) is 29.6 Å². The summed E-state index contributed by atoms with van der Waals surface area (Å²) in [5.41, 5.74) is 4.14. The number of ether oxygens (including phenoxy) is 1. The molecule has 120 valence electrons. The van der Waals surface area contributed by atoms with Crippen molar-refractivity contribution in [2.24, 2.45) is 0 Å². The first kappa shape index (κ1) is 17.3. The van der Waals surface area contributed by atoms with Crippen molar-refractivity contribution < 1.29 is 4.74 Å². The second-order valence-electron chi connectivity index (χ2n) is 5.60. The minimum absolute atomic E-state index is 0.0661. The van der Waals surface area contributed by atoms with E-state index in [1.807, 2.05) is 30.3 Å². The summed E-state index contributed by atoms with van der Waals surface area (Å²) in [7, 11) is 0. The quantitative estimate of drug-likeness (QED) is 0.538. The molecule has 0 aromatic heterocycles. The molecule has 0 spiro atoms. The topological polar surface area (TPSA) is 56.8 Å². The Morgan fingerprint density at radius 2 is 1.71 bits per heavy atom. The molecule has 0 N–H and O–H groups in total. The van der Waals surface area contributed by atoms with Gasteiger partial charge in [-0.05, 0) is 42.7 Å². The molecule has 0 amide bonds. The highest BCUT2D eigenvalue weighted by atomic mass is 16.5. The van der Waals surface area contributed by atoms with Crippen LogP contribution in [0.2, 0.25) is 0 Å². The van der Waals surface area contributed by atoms with E-state index in [1.54, 1.807) is 6.08 Å². The van der Waals surface area contributed by atoms with Crippen molar-refractivity contribution in [1.82, 2.24) is 0 Å². The van der Waals surface area contributed by atoms with E-state index in [9.17, 15) is 0 Å². The number of unbranched alkanes of at least 4 members (excludes halogenated alkanes) is 1. The van der Waals surface area contributed by atoms with Crippen LogP contribution in [-0.4, -0.2) is 6.61 Å². The molecule has 0 fully saturated rings.